The number of hydrogen-bond acceptors (Lipinski definition) is 8. The van der Waals surface area contributed by atoms with Crippen LogP contribution in [0.25, 0.3) is 11.2 Å². The minimum Gasteiger partial charge on any atom is -0.394 e. The van der Waals surface area contributed by atoms with E-state index in [-0.39, 0.29) is 12.4 Å². The van der Waals surface area contributed by atoms with Gasteiger partial charge in [-0.1, -0.05) is 0 Å². The maximum Gasteiger partial charge on any atom is 0.469 e. The number of carbonyl (C=O) groups is 1. The van der Waals surface area contributed by atoms with Crippen molar-refractivity contribution in [2.24, 2.45) is 0 Å². The molecular weight excluding hydrogens is 343 g/mol. The lowest BCUT2D eigenvalue weighted by Crippen LogP contribution is -2.46. The van der Waals surface area contributed by atoms with E-state index >= 15 is 0 Å². The van der Waals surface area contributed by atoms with E-state index in [0.29, 0.717) is 11.2 Å². The van der Waals surface area contributed by atoms with E-state index in [9.17, 15) is 14.5 Å². The van der Waals surface area contributed by atoms with Crippen LogP contribution in [0.4, 0.5) is 5.82 Å². The number of nitrogens with one attached hydrogen (secondary N) is 1. The molecule has 0 unspecified atom stereocenters. The standard InChI is InChI=1S/C11H17N6O6P/c1-6(23-24(20,21)22)7(3-18)16-8(19)2-17-5-15-9-10(12)13-4-14-11(9)17/h4-7,18H,2-3H2,1H3,(H,16,19)(H2,12,13,14)(H2,20,21,22)/t6-,7-/m0/s1. The van der Waals surface area contributed by atoms with Gasteiger partial charge in [-0.2, -0.15) is 0 Å². The molecule has 0 aromatic carbocycles. The van der Waals surface area contributed by atoms with Gasteiger partial charge in [0.05, 0.1) is 25.1 Å². The van der Waals surface area contributed by atoms with Crippen molar-refractivity contribution in [2.45, 2.75) is 25.6 Å². The van der Waals surface area contributed by atoms with Crippen LogP contribution in [0.15, 0.2) is 12.7 Å². The number of hydrogen-bond donors (Lipinski definition) is 5. The molecule has 2 aromatic rings. The number of carbonyl (C=O) groups excluding carboxylic acids is 1. The lowest BCUT2D eigenvalue weighted by atomic mass is 10.2. The molecule has 0 fully saturated rings. The predicted octanol–water partition coefficient (Wildman–Crippen LogP) is -1.62. The van der Waals surface area contributed by atoms with E-state index in [1.165, 1.54) is 24.1 Å². The third-order valence-corrected chi connectivity index (χ3v) is 3.76. The van der Waals surface area contributed by atoms with Gasteiger partial charge in [0.2, 0.25) is 5.91 Å². The fourth-order valence-corrected chi connectivity index (χ4v) is 2.60. The van der Waals surface area contributed by atoms with Crippen molar-refractivity contribution in [3.8, 4) is 0 Å². The topological polar surface area (TPSA) is 186 Å². The molecule has 2 aromatic heterocycles. The summed E-state index contributed by atoms with van der Waals surface area (Å²) in [6, 6.07) is -1.00. The molecule has 13 heteroatoms. The highest BCUT2D eigenvalue weighted by Crippen LogP contribution is 2.38. The number of rotatable bonds is 7. The average Bonchev–Trinajstić information content (AvgIpc) is 2.87. The normalized spacial score (nSPS) is 14.5. The Morgan fingerprint density at radius 1 is 1.46 bits per heavy atom. The number of fused-ring (bicyclic) bond motifs is 1. The summed E-state index contributed by atoms with van der Waals surface area (Å²) >= 11 is 0. The first-order valence-corrected chi connectivity index (χ1v) is 8.29. The van der Waals surface area contributed by atoms with Crippen molar-refractivity contribution in [2.75, 3.05) is 12.3 Å². The van der Waals surface area contributed by atoms with Crippen LogP contribution in [0.2, 0.25) is 0 Å². The Morgan fingerprint density at radius 3 is 2.79 bits per heavy atom. The quantitative estimate of drug-likeness (QED) is 0.359. The van der Waals surface area contributed by atoms with Crippen molar-refractivity contribution >= 4 is 30.7 Å². The van der Waals surface area contributed by atoms with Gasteiger partial charge in [-0.15, -0.1) is 0 Å². The Morgan fingerprint density at radius 2 is 2.17 bits per heavy atom. The second-order valence-corrected chi connectivity index (χ2v) is 6.15. The minimum atomic E-state index is -4.74. The highest BCUT2D eigenvalue weighted by molar-refractivity contribution is 7.46. The number of imidazole rings is 1. The first kappa shape index (κ1) is 18.2. The van der Waals surface area contributed by atoms with Crippen LogP contribution in [-0.4, -0.2) is 59.1 Å². The van der Waals surface area contributed by atoms with Gasteiger partial charge in [-0.05, 0) is 6.92 Å². The molecule has 0 aliphatic heterocycles. The molecule has 12 nitrogen and oxygen atoms in total. The maximum atomic E-state index is 12.1. The van der Waals surface area contributed by atoms with Gasteiger partial charge in [0, 0.05) is 0 Å². The molecule has 0 saturated carbocycles. The summed E-state index contributed by atoms with van der Waals surface area (Å²) in [5.41, 5.74) is 6.36. The fraction of sp³-hybridized carbons (Fsp3) is 0.455. The van der Waals surface area contributed by atoms with Gasteiger partial charge in [-0.25, -0.2) is 19.5 Å². The Bertz CT molecular complexity index is 775. The Hall–Kier alpha value is -2.11. The second-order valence-electron chi connectivity index (χ2n) is 4.96. The van der Waals surface area contributed by atoms with E-state index in [1.54, 1.807) is 0 Å². The summed E-state index contributed by atoms with van der Waals surface area (Å²) in [7, 11) is -4.74. The van der Waals surface area contributed by atoms with Crippen LogP contribution < -0.4 is 11.1 Å². The molecule has 132 valence electrons. The number of nitrogens with two attached hydrogens (primary N) is 1. The third-order valence-electron chi connectivity index (χ3n) is 3.16. The zero-order valence-corrected chi connectivity index (χ0v) is 13.5. The summed E-state index contributed by atoms with van der Waals surface area (Å²) in [4.78, 5) is 41.4. The average molecular weight is 360 g/mol. The number of aromatic nitrogens is 4. The van der Waals surface area contributed by atoms with Crippen LogP contribution in [-0.2, 0) is 20.4 Å². The van der Waals surface area contributed by atoms with Crippen molar-refractivity contribution in [1.82, 2.24) is 24.8 Å². The smallest absolute Gasteiger partial charge is 0.394 e. The zero-order chi connectivity index (χ0) is 17.9. The summed E-state index contributed by atoms with van der Waals surface area (Å²) < 4.78 is 16.7. The second kappa shape index (κ2) is 7.20. The first-order valence-electron chi connectivity index (χ1n) is 6.76. The number of aliphatic hydroxyl groups excluding tert-OH is 1. The monoisotopic (exact) mass is 360 g/mol. The van der Waals surface area contributed by atoms with E-state index in [4.69, 9.17) is 15.5 Å². The summed E-state index contributed by atoms with van der Waals surface area (Å²) in [6.07, 6.45) is 1.50. The van der Waals surface area contributed by atoms with Crippen LogP contribution in [0.3, 0.4) is 0 Å². The van der Waals surface area contributed by atoms with Crippen molar-refractivity contribution in [1.29, 1.82) is 0 Å². The van der Waals surface area contributed by atoms with Gasteiger partial charge in [0.15, 0.2) is 11.5 Å². The molecule has 0 radical (unpaired) electrons. The van der Waals surface area contributed by atoms with Crippen molar-refractivity contribution in [3.05, 3.63) is 12.7 Å². The van der Waals surface area contributed by atoms with Gasteiger partial charge in [0.1, 0.15) is 18.4 Å². The lowest BCUT2D eigenvalue weighted by Gasteiger charge is -2.23. The van der Waals surface area contributed by atoms with E-state index in [0.717, 1.165) is 0 Å². The van der Waals surface area contributed by atoms with E-state index in [1.807, 2.05) is 0 Å². The van der Waals surface area contributed by atoms with E-state index < -0.39 is 32.5 Å². The van der Waals surface area contributed by atoms with Gasteiger partial charge in [-0.3, -0.25) is 9.32 Å². The number of phosphoric acid groups is 1. The van der Waals surface area contributed by atoms with Crippen molar-refractivity contribution < 1.29 is 28.8 Å². The van der Waals surface area contributed by atoms with Crippen LogP contribution in [0.5, 0.6) is 0 Å². The Balaban J connectivity index is 2.05. The predicted molar refractivity (Wildman–Crippen MR) is 81.3 cm³/mol. The zero-order valence-electron chi connectivity index (χ0n) is 12.6. The summed E-state index contributed by atoms with van der Waals surface area (Å²) in [6.45, 7) is 0.569. The summed E-state index contributed by atoms with van der Waals surface area (Å²) in [5, 5.41) is 11.7. The number of nitrogen functional groups attached to an aromatic ring is 1. The summed E-state index contributed by atoms with van der Waals surface area (Å²) in [5.74, 6) is -0.359. The lowest BCUT2D eigenvalue weighted by molar-refractivity contribution is -0.123. The fourth-order valence-electron chi connectivity index (χ4n) is 2.02. The van der Waals surface area contributed by atoms with Gasteiger partial charge >= 0.3 is 7.82 Å². The minimum absolute atomic E-state index is 0.177. The Labute approximate surface area is 135 Å². The van der Waals surface area contributed by atoms with E-state index in [2.05, 4.69) is 24.8 Å². The first-order chi connectivity index (χ1) is 11.2. The Kier molecular flexibility index (Phi) is 5.47. The molecule has 2 heterocycles. The van der Waals surface area contributed by atoms with Crippen molar-refractivity contribution in [3.63, 3.8) is 0 Å². The van der Waals surface area contributed by atoms with Crippen LogP contribution in [0, 0.1) is 0 Å². The van der Waals surface area contributed by atoms with Crippen LogP contribution >= 0.6 is 7.82 Å². The number of anilines is 1. The largest absolute Gasteiger partial charge is 0.469 e. The third kappa shape index (κ3) is 4.46. The molecule has 2 atom stereocenters. The van der Waals surface area contributed by atoms with Gasteiger partial charge in [0.25, 0.3) is 0 Å². The number of amides is 1. The molecule has 0 aliphatic carbocycles. The molecular formula is C11H17N6O6P. The molecule has 6 N–H and O–H groups in total. The van der Waals surface area contributed by atoms with Crippen LogP contribution in [0.1, 0.15) is 6.92 Å². The molecule has 24 heavy (non-hydrogen) atoms. The molecule has 2 rings (SSSR count). The number of aliphatic hydroxyl groups is 1. The molecule has 1 amide bonds. The molecule has 0 aliphatic rings. The molecule has 0 spiro atoms. The maximum absolute atomic E-state index is 12.1. The highest BCUT2D eigenvalue weighted by Gasteiger charge is 2.27. The molecule has 0 saturated heterocycles. The number of phosphoric ester groups is 1. The highest BCUT2D eigenvalue weighted by atomic mass is 31.2. The SMILES string of the molecule is C[C@H](OP(=O)(O)O)[C@H](CO)NC(=O)Cn1cnc2c(N)ncnc21. The van der Waals surface area contributed by atoms with Gasteiger partial charge < -0.3 is 30.5 Å². The molecule has 0 bridgehead atoms. The number of nitrogens with zero attached hydrogens (tertiary/aromatic N) is 4.